The molecule has 0 amide bonds. The fourth-order valence-corrected chi connectivity index (χ4v) is 3.15. The van der Waals surface area contributed by atoms with Crippen LogP contribution in [0.2, 0.25) is 0 Å². The lowest BCUT2D eigenvalue weighted by atomic mass is 9.94. The van der Waals surface area contributed by atoms with Gasteiger partial charge in [-0.25, -0.2) is 14.4 Å². The van der Waals surface area contributed by atoms with Crippen molar-refractivity contribution in [3.63, 3.8) is 0 Å². The maximum atomic E-state index is 13.8. The average molecular weight is 485 g/mol. The van der Waals surface area contributed by atoms with Gasteiger partial charge in [0.2, 0.25) is 5.75 Å². The topological polar surface area (TPSA) is 96.0 Å². The zero-order chi connectivity index (χ0) is 26.6. The van der Waals surface area contributed by atoms with E-state index in [-0.39, 0.29) is 33.4 Å². The molecular formula is C29H24O7. The van der Waals surface area contributed by atoms with Crippen LogP contribution in [0.5, 0.6) is 17.2 Å². The van der Waals surface area contributed by atoms with E-state index in [9.17, 15) is 19.2 Å². The maximum Gasteiger partial charge on any atom is 0.338 e. The number of hydrogen-bond acceptors (Lipinski definition) is 7. The summed E-state index contributed by atoms with van der Waals surface area (Å²) in [6.45, 7) is 15.0. The number of hydrogen-bond donors (Lipinski definition) is 0. The van der Waals surface area contributed by atoms with E-state index >= 15 is 0 Å². The van der Waals surface area contributed by atoms with Gasteiger partial charge in [0.05, 0.1) is 5.56 Å². The molecule has 0 atom stereocenters. The molecule has 7 heteroatoms. The van der Waals surface area contributed by atoms with Crippen LogP contribution in [-0.2, 0) is 14.4 Å². The van der Waals surface area contributed by atoms with Crippen LogP contribution in [0.15, 0.2) is 91.1 Å². The summed E-state index contributed by atoms with van der Waals surface area (Å²) >= 11 is 0. The number of carbonyl (C=O) groups is 4. The SMILES string of the molecule is C=C(C)C(=O)Oc1c(OC(=O)C(=C)C)c(C(=O)c2ccccc2)c2ccccc2c1OC(=O)C(=C)C. The third kappa shape index (κ3) is 5.31. The molecule has 0 saturated heterocycles. The molecule has 36 heavy (non-hydrogen) atoms. The lowest BCUT2D eigenvalue weighted by molar-refractivity contribution is -0.133. The van der Waals surface area contributed by atoms with Crippen LogP contribution in [0.3, 0.4) is 0 Å². The predicted octanol–water partition coefficient (Wildman–Crippen LogP) is 5.52. The molecule has 3 aromatic carbocycles. The molecule has 0 aromatic heterocycles. The van der Waals surface area contributed by atoms with Gasteiger partial charge in [-0.15, -0.1) is 0 Å². The molecule has 0 spiro atoms. The van der Waals surface area contributed by atoms with Crippen molar-refractivity contribution in [2.24, 2.45) is 0 Å². The van der Waals surface area contributed by atoms with Crippen molar-refractivity contribution in [1.82, 2.24) is 0 Å². The molecule has 0 bridgehead atoms. The molecule has 0 heterocycles. The summed E-state index contributed by atoms with van der Waals surface area (Å²) in [4.78, 5) is 51.6. The Kier molecular flexibility index (Phi) is 7.64. The number of esters is 3. The minimum absolute atomic E-state index is 0.0217. The number of carbonyl (C=O) groups excluding carboxylic acids is 4. The van der Waals surface area contributed by atoms with E-state index in [1.807, 2.05) is 0 Å². The summed E-state index contributed by atoms with van der Waals surface area (Å²) in [6.07, 6.45) is 0. The van der Waals surface area contributed by atoms with Crippen molar-refractivity contribution in [3.8, 4) is 17.2 Å². The number of ether oxygens (including phenoxy) is 3. The first kappa shape index (κ1) is 25.8. The molecule has 0 aliphatic rings. The summed E-state index contributed by atoms with van der Waals surface area (Å²) in [5.41, 5.74) is 0.346. The Bertz CT molecular complexity index is 1450. The number of fused-ring (bicyclic) bond motifs is 1. The molecule has 0 fully saturated rings. The van der Waals surface area contributed by atoms with Gasteiger partial charge in [-0.3, -0.25) is 4.79 Å². The lowest BCUT2D eigenvalue weighted by Gasteiger charge is -2.20. The Labute approximate surface area is 208 Å². The molecular weight excluding hydrogens is 460 g/mol. The zero-order valence-electron chi connectivity index (χ0n) is 20.2. The predicted molar refractivity (Wildman–Crippen MR) is 135 cm³/mol. The molecule has 182 valence electrons. The normalized spacial score (nSPS) is 10.3. The Morgan fingerprint density at radius 2 is 0.972 bits per heavy atom. The highest BCUT2D eigenvalue weighted by Crippen LogP contribution is 2.48. The summed E-state index contributed by atoms with van der Waals surface area (Å²) in [6, 6.07) is 14.8. The maximum absolute atomic E-state index is 13.8. The first-order valence-electron chi connectivity index (χ1n) is 10.8. The van der Waals surface area contributed by atoms with Gasteiger partial charge in [0, 0.05) is 33.1 Å². The van der Waals surface area contributed by atoms with Gasteiger partial charge >= 0.3 is 17.9 Å². The summed E-state index contributed by atoms with van der Waals surface area (Å²) in [7, 11) is 0. The van der Waals surface area contributed by atoms with Crippen molar-refractivity contribution in [2.45, 2.75) is 20.8 Å². The van der Waals surface area contributed by atoms with Crippen LogP contribution in [0.4, 0.5) is 0 Å². The fourth-order valence-electron chi connectivity index (χ4n) is 3.15. The van der Waals surface area contributed by atoms with Gasteiger partial charge in [0.15, 0.2) is 17.3 Å². The molecule has 0 unspecified atom stereocenters. The van der Waals surface area contributed by atoms with E-state index in [2.05, 4.69) is 19.7 Å². The molecule has 0 aliphatic heterocycles. The van der Waals surface area contributed by atoms with Crippen molar-refractivity contribution in [2.75, 3.05) is 0 Å². The second kappa shape index (κ2) is 10.7. The van der Waals surface area contributed by atoms with Crippen molar-refractivity contribution >= 4 is 34.5 Å². The van der Waals surface area contributed by atoms with Crippen LogP contribution < -0.4 is 14.2 Å². The number of ketones is 1. The molecule has 0 radical (unpaired) electrons. The minimum Gasteiger partial charge on any atom is -0.418 e. The highest BCUT2D eigenvalue weighted by molar-refractivity contribution is 6.21. The average Bonchev–Trinajstić information content (AvgIpc) is 2.85. The van der Waals surface area contributed by atoms with Crippen LogP contribution in [0, 0.1) is 0 Å². The van der Waals surface area contributed by atoms with Gasteiger partial charge < -0.3 is 14.2 Å². The van der Waals surface area contributed by atoms with E-state index in [1.165, 1.54) is 20.8 Å². The van der Waals surface area contributed by atoms with Gasteiger partial charge in [-0.05, 0) is 20.8 Å². The summed E-state index contributed by atoms with van der Waals surface area (Å²) in [5.74, 6) is -4.13. The lowest BCUT2D eigenvalue weighted by Crippen LogP contribution is -2.18. The summed E-state index contributed by atoms with van der Waals surface area (Å²) < 4.78 is 16.7. The van der Waals surface area contributed by atoms with E-state index in [0.29, 0.717) is 10.9 Å². The smallest absolute Gasteiger partial charge is 0.338 e. The molecule has 0 N–H and O–H groups in total. The van der Waals surface area contributed by atoms with Crippen LogP contribution >= 0.6 is 0 Å². The van der Waals surface area contributed by atoms with Crippen molar-refractivity contribution in [3.05, 3.63) is 102 Å². The largest absolute Gasteiger partial charge is 0.418 e. The first-order valence-corrected chi connectivity index (χ1v) is 10.8. The molecule has 3 aromatic rings. The molecule has 0 saturated carbocycles. The number of rotatable bonds is 8. The molecule has 0 aliphatic carbocycles. The standard InChI is InChI=1S/C29H24O7/c1-16(2)27(31)34-24-21-15-11-10-14-20(21)22(23(30)19-12-8-7-9-13-19)25(35-28(32)17(3)4)26(24)36-29(33)18(5)6/h7-15H,1,3,5H2,2,4,6H3. The van der Waals surface area contributed by atoms with Gasteiger partial charge in [-0.1, -0.05) is 74.3 Å². The minimum atomic E-state index is -0.886. The van der Waals surface area contributed by atoms with Crippen LogP contribution in [0.1, 0.15) is 36.7 Å². The van der Waals surface area contributed by atoms with E-state index in [0.717, 1.165) is 0 Å². The van der Waals surface area contributed by atoms with E-state index < -0.39 is 35.2 Å². The monoisotopic (exact) mass is 484 g/mol. The highest BCUT2D eigenvalue weighted by atomic mass is 16.6. The number of benzene rings is 3. The fraction of sp³-hybridized carbons (Fsp3) is 0.103. The third-order valence-corrected chi connectivity index (χ3v) is 4.97. The van der Waals surface area contributed by atoms with Crippen molar-refractivity contribution < 1.29 is 33.4 Å². The van der Waals surface area contributed by atoms with Gasteiger partial charge in [0.25, 0.3) is 0 Å². The third-order valence-electron chi connectivity index (χ3n) is 4.97. The Morgan fingerprint density at radius 1 is 0.556 bits per heavy atom. The van der Waals surface area contributed by atoms with Crippen LogP contribution in [0.25, 0.3) is 10.8 Å². The zero-order valence-corrected chi connectivity index (χ0v) is 20.2. The van der Waals surface area contributed by atoms with Crippen molar-refractivity contribution in [1.29, 1.82) is 0 Å². The highest BCUT2D eigenvalue weighted by Gasteiger charge is 2.32. The quantitative estimate of drug-likeness (QED) is 0.180. The van der Waals surface area contributed by atoms with E-state index in [1.54, 1.807) is 54.6 Å². The second-order valence-corrected chi connectivity index (χ2v) is 8.11. The van der Waals surface area contributed by atoms with Crippen LogP contribution in [-0.4, -0.2) is 23.7 Å². The Balaban J connectivity index is 2.49. The van der Waals surface area contributed by atoms with E-state index in [4.69, 9.17) is 14.2 Å². The van der Waals surface area contributed by atoms with Gasteiger partial charge in [-0.2, -0.15) is 0 Å². The summed E-state index contributed by atoms with van der Waals surface area (Å²) in [5, 5.41) is 0.571. The first-order chi connectivity index (χ1) is 17.0. The molecule has 3 rings (SSSR count). The Morgan fingerprint density at radius 3 is 1.47 bits per heavy atom. The Hall–Kier alpha value is -4.78. The second-order valence-electron chi connectivity index (χ2n) is 8.11. The molecule has 7 nitrogen and oxygen atoms in total. The van der Waals surface area contributed by atoms with Gasteiger partial charge in [0.1, 0.15) is 0 Å².